The van der Waals surface area contributed by atoms with Crippen molar-refractivity contribution >= 4 is 0 Å². The minimum absolute atomic E-state index is 0.531. The average molecular weight is 144 g/mol. The minimum Gasteiger partial charge on any atom is -0.234 e. The molecule has 0 heterocycles. The number of hydrogen-bond acceptors (Lipinski definition) is 0. The number of halogens is 4. The van der Waals surface area contributed by atoms with Gasteiger partial charge in [0, 0.05) is 0 Å². The lowest BCUT2D eigenvalue weighted by Crippen LogP contribution is -2.36. The lowest BCUT2D eigenvalue weighted by molar-refractivity contribution is -0.224. The Morgan fingerprint density at radius 1 is 1.11 bits per heavy atom. The summed E-state index contributed by atoms with van der Waals surface area (Å²) in [6.07, 6.45) is -5.25. The molecule has 9 heavy (non-hydrogen) atoms. The van der Waals surface area contributed by atoms with Crippen LogP contribution in [0.1, 0.15) is 20.3 Å². The van der Waals surface area contributed by atoms with Gasteiger partial charge in [-0.05, 0) is 13.3 Å². The third kappa shape index (κ3) is 1.84. The molecule has 4 heteroatoms. The van der Waals surface area contributed by atoms with Gasteiger partial charge in [-0.3, -0.25) is 0 Å². The van der Waals surface area contributed by atoms with Crippen LogP contribution in [0.15, 0.2) is 0 Å². The molecule has 0 fully saturated rings. The Hall–Kier alpha value is -0.280. The lowest BCUT2D eigenvalue weighted by Gasteiger charge is -2.20. The first-order valence-corrected chi connectivity index (χ1v) is 2.57. The molecule has 0 saturated heterocycles. The fourth-order valence-corrected chi connectivity index (χ4v) is 0.200. The zero-order valence-corrected chi connectivity index (χ0v) is 5.22. The molecule has 0 aliphatic carbocycles. The maximum atomic E-state index is 12.2. The molecule has 0 aromatic carbocycles. The fourth-order valence-electron chi connectivity index (χ4n) is 0.200. The van der Waals surface area contributed by atoms with Crippen molar-refractivity contribution in [3.05, 3.63) is 0 Å². The summed E-state index contributed by atoms with van der Waals surface area (Å²) in [5.41, 5.74) is -3.02. The van der Waals surface area contributed by atoms with Gasteiger partial charge in [-0.2, -0.15) is 13.2 Å². The molecule has 0 aromatic rings. The highest BCUT2D eigenvalue weighted by molar-refractivity contribution is 4.79. The lowest BCUT2D eigenvalue weighted by atomic mass is 10.1. The summed E-state index contributed by atoms with van der Waals surface area (Å²) in [5, 5.41) is 0. The Labute approximate surface area is 50.9 Å². The van der Waals surface area contributed by atoms with Crippen molar-refractivity contribution < 1.29 is 17.6 Å². The Bertz CT molecular complexity index is 91.6. The molecular formula is C5H8F4. The van der Waals surface area contributed by atoms with E-state index in [2.05, 4.69) is 0 Å². The Balaban J connectivity index is 4.14. The predicted octanol–water partition coefficient (Wildman–Crippen LogP) is 2.69. The molecule has 0 aliphatic rings. The molecule has 0 N–H and O–H groups in total. The highest BCUT2D eigenvalue weighted by Gasteiger charge is 2.50. The Morgan fingerprint density at radius 2 is 1.44 bits per heavy atom. The molecule has 0 bridgehead atoms. The van der Waals surface area contributed by atoms with Gasteiger partial charge in [0.05, 0.1) is 0 Å². The smallest absolute Gasteiger partial charge is 0.234 e. The summed E-state index contributed by atoms with van der Waals surface area (Å²) in [5.74, 6) is 0. The van der Waals surface area contributed by atoms with Crippen molar-refractivity contribution in [2.45, 2.75) is 32.1 Å². The SMILES string of the molecule is CC[C@](C)(F)C(F)(F)F. The molecule has 0 rings (SSSR count). The third-order valence-electron chi connectivity index (χ3n) is 1.26. The molecule has 0 amide bonds. The van der Waals surface area contributed by atoms with Crippen molar-refractivity contribution in [2.75, 3.05) is 0 Å². The molecule has 0 nitrogen and oxygen atoms in total. The van der Waals surface area contributed by atoms with E-state index in [1.165, 1.54) is 0 Å². The van der Waals surface area contributed by atoms with Gasteiger partial charge in [-0.15, -0.1) is 0 Å². The molecule has 0 aliphatic heterocycles. The van der Waals surface area contributed by atoms with Crippen LogP contribution in [0.2, 0.25) is 0 Å². The normalized spacial score (nSPS) is 19.3. The largest absolute Gasteiger partial charge is 0.422 e. The summed E-state index contributed by atoms with van der Waals surface area (Å²) in [6.45, 7) is 1.69. The van der Waals surface area contributed by atoms with E-state index in [1.54, 1.807) is 0 Å². The van der Waals surface area contributed by atoms with Gasteiger partial charge >= 0.3 is 6.18 Å². The van der Waals surface area contributed by atoms with E-state index in [-0.39, 0.29) is 0 Å². The van der Waals surface area contributed by atoms with Gasteiger partial charge in [0.15, 0.2) is 0 Å². The van der Waals surface area contributed by atoms with Gasteiger partial charge < -0.3 is 0 Å². The van der Waals surface area contributed by atoms with Crippen molar-refractivity contribution in [1.82, 2.24) is 0 Å². The zero-order valence-electron chi connectivity index (χ0n) is 5.22. The van der Waals surface area contributed by atoms with Crippen molar-refractivity contribution in [3.63, 3.8) is 0 Å². The second-order valence-electron chi connectivity index (χ2n) is 2.05. The van der Waals surface area contributed by atoms with Crippen LogP contribution < -0.4 is 0 Å². The molecule has 0 radical (unpaired) electrons. The molecule has 0 spiro atoms. The number of hydrogen-bond donors (Lipinski definition) is 0. The van der Waals surface area contributed by atoms with Crippen LogP contribution >= 0.6 is 0 Å². The quantitative estimate of drug-likeness (QED) is 0.496. The molecule has 0 saturated carbocycles. The van der Waals surface area contributed by atoms with Crippen molar-refractivity contribution in [3.8, 4) is 0 Å². The molecule has 0 unspecified atom stereocenters. The molecule has 56 valence electrons. The Morgan fingerprint density at radius 3 is 1.44 bits per heavy atom. The highest BCUT2D eigenvalue weighted by Crippen LogP contribution is 2.35. The number of rotatable bonds is 1. The van der Waals surface area contributed by atoms with Gasteiger partial charge in [-0.25, -0.2) is 4.39 Å². The molecular weight excluding hydrogens is 136 g/mol. The van der Waals surface area contributed by atoms with Crippen LogP contribution in [-0.4, -0.2) is 11.8 Å². The van der Waals surface area contributed by atoms with Crippen LogP contribution in [0.5, 0.6) is 0 Å². The van der Waals surface area contributed by atoms with E-state index >= 15 is 0 Å². The third-order valence-corrected chi connectivity index (χ3v) is 1.26. The van der Waals surface area contributed by atoms with Crippen LogP contribution in [0.25, 0.3) is 0 Å². The van der Waals surface area contributed by atoms with Gasteiger partial charge in [0.1, 0.15) is 0 Å². The summed E-state index contributed by atoms with van der Waals surface area (Å²) < 4.78 is 46.6. The van der Waals surface area contributed by atoms with Crippen LogP contribution in [0.4, 0.5) is 17.6 Å². The monoisotopic (exact) mass is 144 g/mol. The van der Waals surface area contributed by atoms with E-state index in [0.29, 0.717) is 6.92 Å². The minimum atomic E-state index is -4.72. The summed E-state index contributed by atoms with van der Waals surface area (Å²) in [6, 6.07) is 0. The van der Waals surface area contributed by atoms with E-state index in [1.807, 2.05) is 0 Å². The van der Waals surface area contributed by atoms with E-state index in [0.717, 1.165) is 6.92 Å². The van der Waals surface area contributed by atoms with Crippen molar-refractivity contribution in [2.24, 2.45) is 0 Å². The van der Waals surface area contributed by atoms with Crippen molar-refractivity contribution in [1.29, 1.82) is 0 Å². The molecule has 1 atom stereocenters. The fraction of sp³-hybridized carbons (Fsp3) is 1.00. The van der Waals surface area contributed by atoms with Gasteiger partial charge in [-0.1, -0.05) is 6.92 Å². The second-order valence-corrected chi connectivity index (χ2v) is 2.05. The average Bonchev–Trinajstić information content (AvgIpc) is 1.64. The number of alkyl halides is 4. The maximum absolute atomic E-state index is 12.2. The maximum Gasteiger partial charge on any atom is 0.422 e. The highest BCUT2D eigenvalue weighted by atomic mass is 19.4. The first-order chi connectivity index (χ1) is 3.81. The molecule has 0 aromatic heterocycles. The first-order valence-electron chi connectivity index (χ1n) is 2.57. The summed E-state index contributed by atoms with van der Waals surface area (Å²) in [4.78, 5) is 0. The van der Waals surface area contributed by atoms with E-state index in [4.69, 9.17) is 0 Å². The zero-order chi connectivity index (χ0) is 7.71. The van der Waals surface area contributed by atoms with E-state index < -0.39 is 18.3 Å². The Kier molecular flexibility index (Phi) is 2.09. The van der Waals surface area contributed by atoms with Gasteiger partial charge in [0.2, 0.25) is 5.67 Å². The second kappa shape index (κ2) is 2.15. The predicted molar refractivity (Wildman–Crippen MR) is 25.9 cm³/mol. The standard InChI is InChI=1S/C5H8F4/c1-3-4(2,6)5(7,8)9/h3H2,1-2H3/t4-/m0/s1. The van der Waals surface area contributed by atoms with E-state index in [9.17, 15) is 17.6 Å². The summed E-state index contributed by atoms with van der Waals surface area (Å²) in [7, 11) is 0. The van der Waals surface area contributed by atoms with Crippen LogP contribution in [0, 0.1) is 0 Å². The van der Waals surface area contributed by atoms with Crippen LogP contribution in [-0.2, 0) is 0 Å². The first kappa shape index (κ1) is 8.72. The van der Waals surface area contributed by atoms with Gasteiger partial charge in [0.25, 0.3) is 0 Å². The topological polar surface area (TPSA) is 0 Å². The summed E-state index contributed by atoms with van der Waals surface area (Å²) >= 11 is 0. The van der Waals surface area contributed by atoms with Crippen LogP contribution in [0.3, 0.4) is 0 Å².